The molecule has 2 aromatic heterocycles. The molecule has 0 fully saturated rings. The van der Waals surface area contributed by atoms with E-state index in [0.717, 1.165) is 32.2 Å². The van der Waals surface area contributed by atoms with Crippen LogP contribution in [0.2, 0.25) is 0 Å². The quantitative estimate of drug-likeness (QED) is 0.431. The second kappa shape index (κ2) is 8.19. The number of benzene rings is 2. The van der Waals surface area contributed by atoms with Gasteiger partial charge in [-0.05, 0) is 63.1 Å². The molecule has 0 saturated heterocycles. The number of nitrogens with one attached hydrogen (secondary N) is 1. The number of anilines is 1. The molecule has 7 nitrogen and oxygen atoms in total. The fourth-order valence-electron chi connectivity index (χ4n) is 4.33. The van der Waals surface area contributed by atoms with Gasteiger partial charge < -0.3 is 14.8 Å². The number of carbonyl (C=O) groups is 1. The van der Waals surface area contributed by atoms with Crippen LogP contribution in [0.3, 0.4) is 0 Å². The lowest BCUT2D eigenvalue weighted by atomic mass is 9.85. The maximum atomic E-state index is 12.8. The second-order valence-electron chi connectivity index (χ2n) is 8.61. The number of fused-ring (bicyclic) bond motifs is 2. The molecule has 4 aromatic rings. The zero-order valence-corrected chi connectivity index (χ0v) is 20.1. The van der Waals surface area contributed by atoms with Crippen LogP contribution in [0.15, 0.2) is 36.4 Å². The van der Waals surface area contributed by atoms with Crippen LogP contribution in [0.4, 0.5) is 5.82 Å². The third kappa shape index (κ3) is 3.84. The molecule has 5 rings (SSSR count). The number of methoxy groups -OCH3 is 1. The van der Waals surface area contributed by atoms with Crippen molar-refractivity contribution in [2.45, 2.75) is 46.1 Å². The zero-order chi connectivity index (χ0) is 23.3. The number of thiazole rings is 1. The molecule has 3 heterocycles. The van der Waals surface area contributed by atoms with Crippen molar-refractivity contribution in [3.63, 3.8) is 0 Å². The molecule has 0 spiro atoms. The molecule has 33 heavy (non-hydrogen) atoms. The number of amides is 1. The summed E-state index contributed by atoms with van der Waals surface area (Å²) in [7, 11) is 1.63. The van der Waals surface area contributed by atoms with Crippen molar-refractivity contribution in [2.24, 2.45) is 0 Å². The topological polar surface area (TPSA) is 78.3 Å². The molecule has 1 N–H and O–H groups in total. The highest BCUT2D eigenvalue weighted by Crippen LogP contribution is 2.43. The molecule has 1 aliphatic rings. The van der Waals surface area contributed by atoms with Crippen molar-refractivity contribution in [1.82, 2.24) is 14.8 Å². The lowest BCUT2D eigenvalue weighted by Crippen LogP contribution is -2.25. The van der Waals surface area contributed by atoms with E-state index in [0.29, 0.717) is 23.7 Å². The average Bonchev–Trinajstić information content (AvgIpc) is 3.33. The van der Waals surface area contributed by atoms with Gasteiger partial charge in [-0.2, -0.15) is 9.78 Å². The maximum absolute atomic E-state index is 12.8. The van der Waals surface area contributed by atoms with Crippen LogP contribution in [0.1, 0.15) is 48.6 Å². The molecular formula is C25H26N4O3S. The van der Waals surface area contributed by atoms with Crippen LogP contribution in [0, 0.1) is 13.8 Å². The van der Waals surface area contributed by atoms with Crippen LogP contribution >= 0.6 is 11.3 Å². The van der Waals surface area contributed by atoms with Crippen molar-refractivity contribution >= 4 is 33.3 Å². The Hall–Kier alpha value is -3.39. The average molecular weight is 463 g/mol. The number of ether oxygens (including phenoxy) is 2. The first-order chi connectivity index (χ1) is 15.8. The van der Waals surface area contributed by atoms with Crippen LogP contribution in [0.5, 0.6) is 11.5 Å². The van der Waals surface area contributed by atoms with Gasteiger partial charge in [0.25, 0.3) is 0 Å². The van der Waals surface area contributed by atoms with Crippen molar-refractivity contribution < 1.29 is 14.3 Å². The van der Waals surface area contributed by atoms with E-state index in [1.807, 2.05) is 51.1 Å². The first-order valence-electron chi connectivity index (χ1n) is 11.0. The Labute approximate surface area is 196 Å². The summed E-state index contributed by atoms with van der Waals surface area (Å²) in [5.74, 6) is 1.84. The van der Waals surface area contributed by atoms with Crippen LogP contribution < -0.4 is 14.8 Å². The van der Waals surface area contributed by atoms with Crippen LogP contribution in [0.25, 0.3) is 15.3 Å². The van der Waals surface area contributed by atoms with Gasteiger partial charge in [0.1, 0.15) is 5.82 Å². The second-order valence-corrected chi connectivity index (χ2v) is 9.62. The van der Waals surface area contributed by atoms with Gasteiger partial charge in [0.05, 0.1) is 29.1 Å². The van der Waals surface area contributed by atoms with Crippen LogP contribution in [-0.2, 0) is 4.79 Å². The summed E-state index contributed by atoms with van der Waals surface area (Å²) in [5.41, 5.74) is 4.97. The molecule has 1 unspecified atom stereocenters. The molecule has 0 saturated carbocycles. The first-order valence-corrected chi connectivity index (χ1v) is 11.8. The normalized spacial score (nSPS) is 15.6. The van der Waals surface area contributed by atoms with Gasteiger partial charge in [0, 0.05) is 17.9 Å². The molecule has 1 aliphatic heterocycles. The number of rotatable bonds is 5. The van der Waals surface area contributed by atoms with E-state index in [1.165, 1.54) is 5.56 Å². The molecule has 1 atom stereocenters. The third-order valence-electron chi connectivity index (χ3n) is 5.77. The highest BCUT2D eigenvalue weighted by molar-refractivity contribution is 7.20. The monoisotopic (exact) mass is 462 g/mol. The number of nitrogens with zero attached hydrogens (tertiary/aromatic N) is 3. The molecule has 170 valence electrons. The van der Waals surface area contributed by atoms with Gasteiger partial charge in [0.2, 0.25) is 11.0 Å². The van der Waals surface area contributed by atoms with E-state index in [9.17, 15) is 4.79 Å². The number of aryl methyl sites for hydroxylation is 2. The molecule has 8 heteroatoms. The minimum atomic E-state index is -0.138. The fourth-order valence-corrected chi connectivity index (χ4v) is 5.36. The Balaban J connectivity index is 1.60. The predicted octanol–water partition coefficient (Wildman–Crippen LogP) is 5.37. The Morgan fingerprint density at radius 2 is 1.97 bits per heavy atom. The standard InChI is InChI=1S/C25H26N4O3S/c1-13(2)32-19-9-7-16(11-20(19)31-5)17-12-22(30)27-24-23(17)15(4)28-29(24)25-26-18-8-6-14(3)10-21(18)33-25/h6-11,13,17H,12H2,1-5H3,(H,27,30). The first kappa shape index (κ1) is 21.5. The van der Waals surface area contributed by atoms with E-state index >= 15 is 0 Å². The van der Waals surface area contributed by atoms with Crippen molar-refractivity contribution in [2.75, 3.05) is 12.4 Å². The predicted molar refractivity (Wildman–Crippen MR) is 130 cm³/mol. The molecular weight excluding hydrogens is 436 g/mol. The third-order valence-corrected chi connectivity index (χ3v) is 6.76. The van der Waals surface area contributed by atoms with Gasteiger partial charge in [-0.25, -0.2) is 4.98 Å². The SMILES string of the molecule is COc1cc(C2CC(=O)Nc3c2c(C)nn3-c2nc3ccc(C)cc3s2)ccc1OC(C)C. The van der Waals surface area contributed by atoms with Crippen molar-refractivity contribution in [3.05, 3.63) is 58.8 Å². The van der Waals surface area contributed by atoms with Gasteiger partial charge in [-0.1, -0.05) is 23.5 Å². The maximum Gasteiger partial charge on any atom is 0.226 e. The number of aromatic nitrogens is 3. The summed E-state index contributed by atoms with van der Waals surface area (Å²) in [6.45, 7) is 8.00. The summed E-state index contributed by atoms with van der Waals surface area (Å²) in [5, 5.41) is 8.56. The minimum absolute atomic E-state index is 0.0369. The largest absolute Gasteiger partial charge is 0.493 e. The molecule has 0 bridgehead atoms. The van der Waals surface area contributed by atoms with Crippen LogP contribution in [-0.4, -0.2) is 33.9 Å². The molecule has 2 aromatic carbocycles. The Kier molecular flexibility index (Phi) is 5.32. The Morgan fingerprint density at radius 3 is 2.73 bits per heavy atom. The van der Waals surface area contributed by atoms with Gasteiger partial charge in [-0.15, -0.1) is 0 Å². The van der Waals surface area contributed by atoms with E-state index in [1.54, 1.807) is 23.1 Å². The van der Waals surface area contributed by atoms with Gasteiger partial charge in [-0.3, -0.25) is 4.79 Å². The van der Waals surface area contributed by atoms with E-state index in [2.05, 4.69) is 18.3 Å². The van der Waals surface area contributed by atoms with E-state index in [4.69, 9.17) is 19.6 Å². The number of hydrogen-bond donors (Lipinski definition) is 1. The Morgan fingerprint density at radius 1 is 1.15 bits per heavy atom. The molecule has 0 radical (unpaired) electrons. The number of hydrogen-bond acceptors (Lipinski definition) is 6. The highest BCUT2D eigenvalue weighted by Gasteiger charge is 2.33. The highest BCUT2D eigenvalue weighted by atomic mass is 32.1. The molecule has 0 aliphatic carbocycles. The van der Waals surface area contributed by atoms with E-state index < -0.39 is 0 Å². The number of carbonyl (C=O) groups excluding carboxylic acids is 1. The summed E-state index contributed by atoms with van der Waals surface area (Å²) in [4.78, 5) is 17.5. The minimum Gasteiger partial charge on any atom is -0.493 e. The zero-order valence-electron chi connectivity index (χ0n) is 19.3. The van der Waals surface area contributed by atoms with Gasteiger partial charge >= 0.3 is 0 Å². The summed E-state index contributed by atoms with van der Waals surface area (Å²) >= 11 is 1.56. The van der Waals surface area contributed by atoms with E-state index in [-0.39, 0.29) is 17.9 Å². The lowest BCUT2D eigenvalue weighted by molar-refractivity contribution is -0.116. The summed E-state index contributed by atoms with van der Waals surface area (Å²) < 4.78 is 14.3. The summed E-state index contributed by atoms with van der Waals surface area (Å²) in [6, 6.07) is 12.1. The lowest BCUT2D eigenvalue weighted by Gasteiger charge is -2.25. The van der Waals surface area contributed by atoms with Gasteiger partial charge in [0.15, 0.2) is 11.5 Å². The van der Waals surface area contributed by atoms with Crippen molar-refractivity contribution in [3.8, 4) is 16.6 Å². The molecule has 1 amide bonds. The Bertz CT molecular complexity index is 1370. The van der Waals surface area contributed by atoms with Crippen molar-refractivity contribution in [1.29, 1.82) is 0 Å². The fraction of sp³-hybridized carbons (Fsp3) is 0.320. The summed E-state index contributed by atoms with van der Waals surface area (Å²) in [6.07, 6.45) is 0.376. The smallest absolute Gasteiger partial charge is 0.226 e.